The smallest absolute Gasteiger partial charge is 0.223 e. The summed E-state index contributed by atoms with van der Waals surface area (Å²) in [6.45, 7) is 2.15. The molecule has 20 heavy (non-hydrogen) atoms. The average Bonchev–Trinajstić information content (AvgIpc) is 2.98. The highest BCUT2D eigenvalue weighted by Gasteiger charge is 2.31. The molecule has 0 bridgehead atoms. The summed E-state index contributed by atoms with van der Waals surface area (Å²) in [4.78, 5) is 18.3. The van der Waals surface area contributed by atoms with Gasteiger partial charge in [0, 0.05) is 39.6 Å². The Morgan fingerprint density at radius 3 is 2.90 bits per heavy atom. The van der Waals surface area contributed by atoms with Gasteiger partial charge in [-0.2, -0.15) is 0 Å². The molecule has 5 heteroatoms. The van der Waals surface area contributed by atoms with E-state index in [1.54, 1.807) is 12.0 Å². The largest absolute Gasteiger partial charge is 0.383 e. The number of methoxy groups -OCH3 is 1. The van der Waals surface area contributed by atoms with Crippen molar-refractivity contribution in [2.24, 2.45) is 0 Å². The summed E-state index contributed by atoms with van der Waals surface area (Å²) in [6.07, 6.45) is 0.548. The second-order valence-electron chi connectivity index (χ2n) is 5.28. The van der Waals surface area contributed by atoms with Gasteiger partial charge in [0.15, 0.2) is 0 Å². The number of imidazole rings is 1. The summed E-state index contributed by atoms with van der Waals surface area (Å²) >= 11 is 0. The Labute approximate surface area is 118 Å². The van der Waals surface area contributed by atoms with Crippen molar-refractivity contribution in [1.29, 1.82) is 0 Å². The van der Waals surface area contributed by atoms with Crippen LogP contribution in [-0.4, -0.2) is 47.7 Å². The van der Waals surface area contributed by atoms with Crippen molar-refractivity contribution in [3.05, 3.63) is 30.1 Å². The minimum absolute atomic E-state index is 0.178. The summed E-state index contributed by atoms with van der Waals surface area (Å²) in [5.41, 5.74) is 2.10. The molecule has 106 valence electrons. The number of aromatic nitrogens is 2. The van der Waals surface area contributed by atoms with Gasteiger partial charge in [0.25, 0.3) is 0 Å². The van der Waals surface area contributed by atoms with Crippen LogP contribution in [0.3, 0.4) is 0 Å². The topological polar surface area (TPSA) is 47.4 Å². The second kappa shape index (κ2) is 5.25. The molecule has 0 radical (unpaired) electrons. The zero-order valence-electron chi connectivity index (χ0n) is 11.9. The molecule has 1 aromatic carbocycles. The van der Waals surface area contributed by atoms with E-state index in [4.69, 9.17) is 9.72 Å². The summed E-state index contributed by atoms with van der Waals surface area (Å²) in [6, 6.07) is 8.10. The van der Waals surface area contributed by atoms with E-state index in [0.29, 0.717) is 13.0 Å². The minimum atomic E-state index is 0.178. The number of amides is 1. The number of carbonyl (C=O) groups is 1. The van der Waals surface area contributed by atoms with E-state index in [-0.39, 0.29) is 11.8 Å². The Balaban J connectivity index is 2.02. The number of fused-ring (bicyclic) bond motifs is 1. The molecule has 0 N–H and O–H groups in total. The predicted molar refractivity (Wildman–Crippen MR) is 76.6 cm³/mol. The number of ether oxygens (including phenoxy) is 1. The van der Waals surface area contributed by atoms with E-state index in [1.807, 2.05) is 25.2 Å². The van der Waals surface area contributed by atoms with Crippen LogP contribution in [0, 0.1) is 0 Å². The van der Waals surface area contributed by atoms with Crippen molar-refractivity contribution in [2.45, 2.75) is 18.9 Å². The maximum atomic E-state index is 11.8. The number of para-hydroxylation sites is 2. The lowest BCUT2D eigenvalue weighted by molar-refractivity contribution is -0.126. The lowest BCUT2D eigenvalue weighted by Crippen LogP contribution is -2.19. The monoisotopic (exact) mass is 273 g/mol. The molecule has 5 nitrogen and oxygen atoms in total. The zero-order chi connectivity index (χ0) is 14.1. The van der Waals surface area contributed by atoms with Crippen LogP contribution in [0.2, 0.25) is 0 Å². The van der Waals surface area contributed by atoms with Crippen molar-refractivity contribution >= 4 is 16.9 Å². The summed E-state index contributed by atoms with van der Waals surface area (Å²) < 4.78 is 7.39. The fourth-order valence-corrected chi connectivity index (χ4v) is 2.86. The second-order valence-corrected chi connectivity index (χ2v) is 5.28. The lowest BCUT2D eigenvalue weighted by atomic mass is 10.1. The summed E-state index contributed by atoms with van der Waals surface area (Å²) in [7, 11) is 3.55. The van der Waals surface area contributed by atoms with Gasteiger partial charge in [-0.1, -0.05) is 12.1 Å². The lowest BCUT2D eigenvalue weighted by Gasteiger charge is -2.13. The molecule has 1 unspecified atom stereocenters. The number of benzene rings is 1. The van der Waals surface area contributed by atoms with E-state index in [2.05, 4.69) is 10.6 Å². The van der Waals surface area contributed by atoms with Crippen molar-refractivity contribution in [3.8, 4) is 0 Å². The molecule has 1 aliphatic rings. The van der Waals surface area contributed by atoms with Crippen molar-refractivity contribution < 1.29 is 9.53 Å². The van der Waals surface area contributed by atoms with Gasteiger partial charge in [0.05, 0.1) is 17.6 Å². The first kappa shape index (κ1) is 13.1. The molecule has 3 rings (SSSR count). The highest BCUT2D eigenvalue weighted by Crippen LogP contribution is 2.29. The van der Waals surface area contributed by atoms with Crippen LogP contribution in [0.25, 0.3) is 11.0 Å². The summed E-state index contributed by atoms with van der Waals surface area (Å²) in [5.74, 6) is 1.37. The molecular weight excluding hydrogens is 254 g/mol. The van der Waals surface area contributed by atoms with Gasteiger partial charge in [-0.05, 0) is 12.1 Å². The van der Waals surface area contributed by atoms with E-state index >= 15 is 0 Å². The van der Waals surface area contributed by atoms with Gasteiger partial charge >= 0.3 is 0 Å². The highest BCUT2D eigenvalue weighted by atomic mass is 16.5. The maximum absolute atomic E-state index is 11.8. The van der Waals surface area contributed by atoms with Crippen LogP contribution in [0.15, 0.2) is 24.3 Å². The predicted octanol–water partition coefficient (Wildman–Crippen LogP) is 1.63. The minimum Gasteiger partial charge on any atom is -0.383 e. The molecule has 0 spiro atoms. The van der Waals surface area contributed by atoms with Gasteiger partial charge in [-0.15, -0.1) is 0 Å². The fourth-order valence-electron chi connectivity index (χ4n) is 2.86. The first-order valence-electron chi connectivity index (χ1n) is 6.88. The quantitative estimate of drug-likeness (QED) is 0.850. The Hall–Kier alpha value is -1.88. The van der Waals surface area contributed by atoms with Crippen LogP contribution >= 0.6 is 0 Å². The molecule has 0 aliphatic carbocycles. The van der Waals surface area contributed by atoms with E-state index < -0.39 is 0 Å². The van der Waals surface area contributed by atoms with Gasteiger partial charge in [0.1, 0.15) is 5.82 Å². The average molecular weight is 273 g/mol. The van der Waals surface area contributed by atoms with Crippen LogP contribution in [0.5, 0.6) is 0 Å². The number of likely N-dealkylation sites (N-methyl/N-ethyl adjacent to an activating group) is 1. The molecular formula is C15H19N3O2. The summed E-state index contributed by atoms with van der Waals surface area (Å²) in [5, 5.41) is 0. The van der Waals surface area contributed by atoms with Crippen LogP contribution < -0.4 is 0 Å². The number of rotatable bonds is 4. The molecule has 2 aromatic rings. The number of carbonyl (C=O) groups excluding carboxylic acids is 1. The Kier molecular flexibility index (Phi) is 3.44. The highest BCUT2D eigenvalue weighted by molar-refractivity contribution is 5.80. The van der Waals surface area contributed by atoms with Crippen molar-refractivity contribution in [1.82, 2.24) is 14.5 Å². The van der Waals surface area contributed by atoms with Crippen molar-refractivity contribution in [3.63, 3.8) is 0 Å². The molecule has 2 heterocycles. The molecule has 1 fully saturated rings. The molecule has 1 atom stereocenters. The number of nitrogens with zero attached hydrogens (tertiary/aromatic N) is 3. The van der Waals surface area contributed by atoms with E-state index in [9.17, 15) is 4.79 Å². The van der Waals surface area contributed by atoms with E-state index in [1.165, 1.54) is 0 Å². The number of hydrogen-bond donors (Lipinski definition) is 0. The third kappa shape index (κ3) is 2.18. The number of likely N-dealkylation sites (tertiary alicyclic amines) is 1. The zero-order valence-corrected chi connectivity index (χ0v) is 11.9. The third-order valence-corrected chi connectivity index (χ3v) is 3.91. The molecule has 1 aromatic heterocycles. The van der Waals surface area contributed by atoms with Crippen molar-refractivity contribution in [2.75, 3.05) is 27.3 Å². The van der Waals surface area contributed by atoms with E-state index in [0.717, 1.165) is 29.9 Å². The Bertz CT molecular complexity index is 635. The van der Waals surface area contributed by atoms with Gasteiger partial charge in [-0.25, -0.2) is 4.98 Å². The Morgan fingerprint density at radius 1 is 1.40 bits per heavy atom. The standard InChI is InChI=1S/C15H19N3O2/c1-17-10-11(9-14(17)19)15-16-12-5-3-4-6-13(12)18(15)7-8-20-2/h3-6,11H,7-10H2,1-2H3. The number of hydrogen-bond acceptors (Lipinski definition) is 3. The molecule has 1 amide bonds. The Morgan fingerprint density at radius 2 is 2.20 bits per heavy atom. The maximum Gasteiger partial charge on any atom is 0.223 e. The SMILES string of the molecule is COCCn1c(C2CC(=O)N(C)C2)nc2ccccc21. The van der Waals surface area contributed by atoms with Gasteiger partial charge in [0.2, 0.25) is 5.91 Å². The third-order valence-electron chi connectivity index (χ3n) is 3.91. The van der Waals surface area contributed by atoms with Crippen LogP contribution in [-0.2, 0) is 16.1 Å². The molecule has 1 saturated heterocycles. The first-order chi connectivity index (χ1) is 9.70. The normalized spacial score (nSPS) is 19.2. The molecule has 0 saturated carbocycles. The van der Waals surface area contributed by atoms with Gasteiger partial charge < -0.3 is 14.2 Å². The van der Waals surface area contributed by atoms with Crippen LogP contribution in [0.4, 0.5) is 0 Å². The van der Waals surface area contributed by atoms with Crippen LogP contribution in [0.1, 0.15) is 18.2 Å². The molecule has 1 aliphatic heterocycles. The van der Waals surface area contributed by atoms with Gasteiger partial charge in [-0.3, -0.25) is 4.79 Å². The fraction of sp³-hybridized carbons (Fsp3) is 0.467. The first-order valence-corrected chi connectivity index (χ1v) is 6.88.